The Morgan fingerprint density at radius 1 is 0.371 bits per heavy atom. The van der Waals surface area contributed by atoms with Gasteiger partial charge in [0.15, 0.2) is 0 Å². The average molecular weight is 791 g/mol. The van der Waals surface area contributed by atoms with E-state index in [2.05, 4.69) is 118 Å². The fourth-order valence-electron chi connectivity index (χ4n) is 9.89. The maximum Gasteiger partial charge on any atom is 0.145 e. The lowest BCUT2D eigenvalue weighted by molar-refractivity contribution is 0.672. The van der Waals surface area contributed by atoms with E-state index in [1.165, 1.54) is 0 Å². The lowest BCUT2D eigenvalue weighted by Crippen LogP contribution is -2.06. The molecule has 286 valence electrons. The molecule has 0 amide bonds. The monoisotopic (exact) mass is 790 g/mol. The number of furan rings is 2. The Bertz CT molecular complexity index is 4110. The molecular weight excluding hydrogens is 761 g/mol. The van der Waals surface area contributed by atoms with Crippen LogP contribution in [-0.4, -0.2) is 9.13 Å². The van der Waals surface area contributed by atoms with Gasteiger partial charge in [0.2, 0.25) is 0 Å². The smallest absolute Gasteiger partial charge is 0.145 e. The van der Waals surface area contributed by atoms with Crippen LogP contribution in [-0.2, 0) is 0 Å². The predicted octanol–water partition coefficient (Wildman–Crippen LogP) is 14.8. The predicted molar refractivity (Wildman–Crippen MR) is 250 cm³/mol. The number of aromatic nitrogens is 2. The third-order valence-corrected chi connectivity index (χ3v) is 12.6. The maximum atomic E-state index is 11.5. The number of rotatable bonds is 4. The molecule has 0 fully saturated rings. The van der Waals surface area contributed by atoms with Crippen molar-refractivity contribution in [2.45, 2.75) is 0 Å². The molecule has 9 aromatic carbocycles. The number of nitriles is 2. The zero-order valence-electron chi connectivity index (χ0n) is 32.9. The summed E-state index contributed by atoms with van der Waals surface area (Å²) in [5.74, 6) is 0. The van der Waals surface area contributed by atoms with Crippen LogP contribution in [0, 0.1) is 22.7 Å². The van der Waals surface area contributed by atoms with Crippen LogP contribution in [0.5, 0.6) is 0 Å². The summed E-state index contributed by atoms with van der Waals surface area (Å²) in [6.45, 7) is 0. The quantitative estimate of drug-likeness (QED) is 0.178. The fraction of sp³-hybridized carbons (Fsp3) is 0. The van der Waals surface area contributed by atoms with E-state index in [4.69, 9.17) is 8.83 Å². The Morgan fingerprint density at radius 3 is 1.39 bits per heavy atom. The van der Waals surface area contributed by atoms with Gasteiger partial charge in [0.1, 0.15) is 40.0 Å². The maximum absolute atomic E-state index is 11.5. The fourth-order valence-corrected chi connectivity index (χ4v) is 9.89. The summed E-state index contributed by atoms with van der Waals surface area (Å²) in [7, 11) is 0. The third-order valence-electron chi connectivity index (χ3n) is 12.6. The number of hydrogen-bond donors (Lipinski definition) is 0. The van der Waals surface area contributed by atoms with Gasteiger partial charge in [-0.1, -0.05) is 109 Å². The Labute approximate surface area is 353 Å². The standard InChI is InChI=1S/C56H30N4O2/c57-31-37-21-26-47(59-45-24-19-35(33-11-3-1-4-12-33)29-42(45)52-48(59)27-22-40-38-15-7-9-17-50(38)61-55(40)52)44(32-58)54(37)60-46-25-20-36(34-13-5-2-6-14-34)30-43(46)53-49(60)28-23-41-39-16-8-10-18-51(39)62-56(41)53/h1-30H. The Morgan fingerprint density at radius 2 is 0.855 bits per heavy atom. The topological polar surface area (TPSA) is 83.7 Å². The molecule has 6 heteroatoms. The van der Waals surface area contributed by atoms with Crippen molar-refractivity contribution < 1.29 is 8.83 Å². The number of nitrogens with zero attached hydrogens (tertiary/aromatic N) is 4. The summed E-state index contributed by atoms with van der Waals surface area (Å²) in [5, 5.41) is 30.4. The van der Waals surface area contributed by atoms with Crippen molar-refractivity contribution in [1.82, 2.24) is 9.13 Å². The van der Waals surface area contributed by atoms with Gasteiger partial charge < -0.3 is 18.0 Å². The van der Waals surface area contributed by atoms with E-state index in [1.807, 2.05) is 84.9 Å². The van der Waals surface area contributed by atoms with E-state index < -0.39 is 0 Å². The summed E-state index contributed by atoms with van der Waals surface area (Å²) in [5.41, 5.74) is 12.9. The number of benzene rings is 9. The second-order valence-electron chi connectivity index (χ2n) is 15.8. The van der Waals surface area contributed by atoms with Crippen LogP contribution in [0.2, 0.25) is 0 Å². The molecule has 0 aliphatic rings. The third kappa shape index (κ3) is 4.66. The summed E-state index contributed by atoms with van der Waals surface area (Å²) in [6.07, 6.45) is 0. The zero-order chi connectivity index (χ0) is 41.1. The minimum absolute atomic E-state index is 0.371. The molecule has 4 aromatic heterocycles. The molecule has 0 saturated heterocycles. The summed E-state index contributed by atoms with van der Waals surface area (Å²) in [4.78, 5) is 0. The number of para-hydroxylation sites is 2. The molecule has 0 unspecified atom stereocenters. The average Bonchev–Trinajstić information content (AvgIpc) is 4.08. The van der Waals surface area contributed by atoms with Gasteiger partial charge in [-0.3, -0.25) is 0 Å². The van der Waals surface area contributed by atoms with Crippen molar-refractivity contribution in [1.29, 1.82) is 10.5 Å². The summed E-state index contributed by atoms with van der Waals surface area (Å²) < 4.78 is 17.7. The van der Waals surface area contributed by atoms with Gasteiger partial charge in [0, 0.05) is 32.3 Å². The molecule has 4 heterocycles. The number of fused-ring (bicyclic) bond motifs is 14. The number of hydrogen-bond acceptors (Lipinski definition) is 4. The van der Waals surface area contributed by atoms with E-state index >= 15 is 0 Å². The highest BCUT2D eigenvalue weighted by Crippen LogP contribution is 2.46. The minimum atomic E-state index is 0.371. The van der Waals surface area contributed by atoms with Crippen LogP contribution < -0.4 is 0 Å². The van der Waals surface area contributed by atoms with Crippen LogP contribution in [0.3, 0.4) is 0 Å². The van der Waals surface area contributed by atoms with Crippen LogP contribution >= 0.6 is 0 Å². The van der Waals surface area contributed by atoms with Gasteiger partial charge in [-0.05, 0) is 95.1 Å². The van der Waals surface area contributed by atoms with Gasteiger partial charge in [-0.15, -0.1) is 0 Å². The van der Waals surface area contributed by atoms with E-state index in [-0.39, 0.29) is 0 Å². The molecule has 13 aromatic rings. The van der Waals surface area contributed by atoms with Crippen molar-refractivity contribution in [3.8, 4) is 45.8 Å². The van der Waals surface area contributed by atoms with Crippen molar-refractivity contribution >= 4 is 87.5 Å². The van der Waals surface area contributed by atoms with Crippen LogP contribution in [0.1, 0.15) is 11.1 Å². The lowest BCUT2D eigenvalue weighted by Gasteiger charge is -2.17. The minimum Gasteiger partial charge on any atom is -0.455 e. The van der Waals surface area contributed by atoms with E-state index in [1.54, 1.807) is 0 Å². The molecule has 0 radical (unpaired) electrons. The van der Waals surface area contributed by atoms with Gasteiger partial charge in [-0.25, -0.2) is 0 Å². The summed E-state index contributed by atoms with van der Waals surface area (Å²) >= 11 is 0. The molecule has 0 bridgehead atoms. The van der Waals surface area contributed by atoms with Gasteiger partial charge in [0.05, 0.1) is 49.8 Å². The van der Waals surface area contributed by atoms with Crippen molar-refractivity contribution in [3.63, 3.8) is 0 Å². The second kappa shape index (κ2) is 12.8. The molecule has 0 spiro atoms. The lowest BCUT2D eigenvalue weighted by atomic mass is 10.0. The first-order valence-corrected chi connectivity index (χ1v) is 20.5. The molecule has 0 saturated carbocycles. The van der Waals surface area contributed by atoms with Crippen LogP contribution in [0.4, 0.5) is 0 Å². The molecule has 0 N–H and O–H groups in total. The van der Waals surface area contributed by atoms with Gasteiger partial charge >= 0.3 is 0 Å². The van der Waals surface area contributed by atoms with E-state index in [0.717, 1.165) is 110 Å². The van der Waals surface area contributed by atoms with Crippen LogP contribution in [0.25, 0.3) is 121 Å². The molecule has 0 aliphatic heterocycles. The van der Waals surface area contributed by atoms with Crippen molar-refractivity contribution in [2.24, 2.45) is 0 Å². The molecular formula is C56H30N4O2. The highest BCUT2D eigenvalue weighted by Gasteiger charge is 2.27. The normalized spacial score (nSPS) is 11.8. The van der Waals surface area contributed by atoms with Crippen molar-refractivity contribution in [2.75, 3.05) is 0 Å². The molecule has 0 aliphatic carbocycles. The van der Waals surface area contributed by atoms with Crippen molar-refractivity contribution in [3.05, 3.63) is 193 Å². The summed E-state index contributed by atoms with van der Waals surface area (Å²) in [6, 6.07) is 67.1. The molecule has 13 rings (SSSR count). The zero-order valence-corrected chi connectivity index (χ0v) is 32.9. The Balaban J connectivity index is 1.15. The Kier molecular flexibility index (Phi) is 7.05. The molecule has 6 nitrogen and oxygen atoms in total. The molecule has 62 heavy (non-hydrogen) atoms. The van der Waals surface area contributed by atoms with E-state index in [0.29, 0.717) is 22.5 Å². The highest BCUT2D eigenvalue weighted by atomic mass is 16.3. The second-order valence-corrected chi connectivity index (χ2v) is 15.8. The van der Waals surface area contributed by atoms with Gasteiger partial charge in [-0.2, -0.15) is 10.5 Å². The first-order valence-electron chi connectivity index (χ1n) is 20.5. The first kappa shape index (κ1) is 34.1. The van der Waals surface area contributed by atoms with E-state index in [9.17, 15) is 10.5 Å². The van der Waals surface area contributed by atoms with Gasteiger partial charge in [0.25, 0.3) is 0 Å². The Hall–Kier alpha value is -8.84. The highest BCUT2D eigenvalue weighted by molar-refractivity contribution is 6.26. The molecule has 0 atom stereocenters. The largest absolute Gasteiger partial charge is 0.455 e. The van der Waals surface area contributed by atoms with Crippen LogP contribution in [0.15, 0.2) is 191 Å². The SMILES string of the molecule is N#Cc1ccc(-n2c3ccc(-c4ccccc4)cc3c3c4oc5ccccc5c4ccc32)c(C#N)c1-n1c2ccc(-c3ccccc3)cc2c2c3oc4ccccc4c3ccc21. The first-order chi connectivity index (χ1) is 30.7.